The number of hydrogen-bond donors (Lipinski definition) is 3. The van der Waals surface area contributed by atoms with E-state index in [0.717, 1.165) is 25.7 Å². The van der Waals surface area contributed by atoms with E-state index in [2.05, 4.69) is 0 Å². The summed E-state index contributed by atoms with van der Waals surface area (Å²) in [5.74, 6) is 0. The number of rotatable bonds is 9. The van der Waals surface area contributed by atoms with E-state index < -0.39 is 30.7 Å². The molecule has 0 aromatic heterocycles. The van der Waals surface area contributed by atoms with Crippen LogP contribution in [-0.2, 0) is 14.2 Å². The summed E-state index contributed by atoms with van der Waals surface area (Å²) in [5.41, 5.74) is 0. The monoisotopic (exact) mass is 292 g/mol. The van der Waals surface area contributed by atoms with Gasteiger partial charge in [0.2, 0.25) is 0 Å². The highest BCUT2D eigenvalue weighted by Gasteiger charge is 2.45. The van der Waals surface area contributed by atoms with Gasteiger partial charge >= 0.3 is 0 Å². The van der Waals surface area contributed by atoms with E-state index in [9.17, 15) is 15.3 Å². The predicted octanol–water partition coefficient (Wildman–Crippen LogP) is 0.427. The van der Waals surface area contributed by atoms with Crippen LogP contribution < -0.4 is 0 Å². The molecule has 1 heterocycles. The fourth-order valence-electron chi connectivity index (χ4n) is 2.17. The van der Waals surface area contributed by atoms with Gasteiger partial charge in [-0.05, 0) is 12.8 Å². The van der Waals surface area contributed by atoms with Gasteiger partial charge in [-0.3, -0.25) is 0 Å². The highest BCUT2D eigenvalue weighted by atomic mass is 16.7. The van der Waals surface area contributed by atoms with Crippen LogP contribution in [0.2, 0.25) is 0 Å². The summed E-state index contributed by atoms with van der Waals surface area (Å²) in [4.78, 5) is 0. The molecule has 0 radical (unpaired) electrons. The second-order valence-corrected chi connectivity index (χ2v) is 5.12. The Hall–Kier alpha value is -0.240. The Kier molecular flexibility index (Phi) is 8.60. The number of hydrogen-bond acceptors (Lipinski definition) is 6. The normalized spacial score (nSPS) is 34.4. The van der Waals surface area contributed by atoms with E-state index in [1.54, 1.807) is 0 Å². The third-order valence-corrected chi connectivity index (χ3v) is 3.43. The highest BCUT2D eigenvalue weighted by Crippen LogP contribution is 2.25. The molecule has 0 aromatic rings. The fraction of sp³-hybridized carbons (Fsp3) is 1.00. The summed E-state index contributed by atoms with van der Waals surface area (Å²) < 4.78 is 16.4. The van der Waals surface area contributed by atoms with Crippen molar-refractivity contribution in [2.45, 2.75) is 70.2 Å². The average Bonchev–Trinajstić information content (AvgIpc) is 2.44. The minimum Gasteiger partial charge on any atom is -0.394 e. The summed E-state index contributed by atoms with van der Waals surface area (Å²) in [5, 5.41) is 29.4. The Labute approximate surface area is 120 Å². The quantitative estimate of drug-likeness (QED) is 0.534. The minimum atomic E-state index is -1.25. The molecule has 3 N–H and O–H groups in total. The van der Waals surface area contributed by atoms with Gasteiger partial charge in [-0.1, -0.05) is 26.7 Å². The van der Waals surface area contributed by atoms with Crippen LogP contribution in [0.25, 0.3) is 0 Å². The van der Waals surface area contributed by atoms with Gasteiger partial charge in [0, 0.05) is 13.2 Å². The highest BCUT2D eigenvalue weighted by molar-refractivity contribution is 4.90. The molecule has 0 bridgehead atoms. The zero-order valence-corrected chi connectivity index (χ0v) is 12.4. The van der Waals surface area contributed by atoms with Gasteiger partial charge in [-0.25, -0.2) is 0 Å². The van der Waals surface area contributed by atoms with E-state index in [1.807, 2.05) is 13.8 Å². The number of aliphatic hydroxyl groups excluding tert-OH is 3. The van der Waals surface area contributed by atoms with Gasteiger partial charge in [0.25, 0.3) is 0 Å². The largest absolute Gasteiger partial charge is 0.394 e. The summed E-state index contributed by atoms with van der Waals surface area (Å²) >= 11 is 0. The molecule has 0 aromatic carbocycles. The first-order valence-electron chi connectivity index (χ1n) is 7.51. The first-order chi connectivity index (χ1) is 9.65. The number of aliphatic hydroxyl groups is 3. The molecule has 1 rings (SSSR count). The molecule has 1 aliphatic heterocycles. The molecule has 1 fully saturated rings. The number of unbranched alkanes of at least 4 members (excludes halogenated alkanes) is 2. The van der Waals surface area contributed by atoms with Crippen molar-refractivity contribution in [3.05, 3.63) is 0 Å². The van der Waals surface area contributed by atoms with E-state index in [-0.39, 0.29) is 6.61 Å². The number of ether oxygens (including phenoxy) is 3. The van der Waals surface area contributed by atoms with E-state index in [4.69, 9.17) is 14.2 Å². The van der Waals surface area contributed by atoms with Crippen molar-refractivity contribution in [2.75, 3.05) is 19.8 Å². The third kappa shape index (κ3) is 4.95. The average molecular weight is 292 g/mol. The second kappa shape index (κ2) is 9.65. The minimum absolute atomic E-state index is 0.313. The van der Waals surface area contributed by atoms with E-state index >= 15 is 0 Å². The molecule has 5 atom stereocenters. The van der Waals surface area contributed by atoms with Crippen LogP contribution >= 0.6 is 0 Å². The Morgan fingerprint density at radius 3 is 2.00 bits per heavy atom. The molecule has 1 saturated heterocycles. The van der Waals surface area contributed by atoms with Crippen LogP contribution in [0.5, 0.6) is 0 Å². The van der Waals surface area contributed by atoms with Crippen molar-refractivity contribution >= 4 is 0 Å². The van der Waals surface area contributed by atoms with Crippen LogP contribution in [0.15, 0.2) is 0 Å². The lowest BCUT2D eigenvalue weighted by molar-refractivity contribution is -0.303. The third-order valence-electron chi connectivity index (χ3n) is 3.43. The van der Waals surface area contributed by atoms with Gasteiger partial charge in [-0.15, -0.1) is 0 Å². The van der Waals surface area contributed by atoms with Gasteiger partial charge in [0.15, 0.2) is 6.29 Å². The van der Waals surface area contributed by atoms with Crippen LogP contribution in [-0.4, -0.2) is 65.8 Å². The first kappa shape index (κ1) is 17.8. The maximum Gasteiger partial charge on any atom is 0.184 e. The Morgan fingerprint density at radius 1 is 0.950 bits per heavy atom. The smallest absolute Gasteiger partial charge is 0.184 e. The molecular formula is C14H28O6. The summed E-state index contributed by atoms with van der Waals surface area (Å²) in [7, 11) is 0. The molecule has 120 valence electrons. The molecule has 0 amide bonds. The van der Waals surface area contributed by atoms with Crippen molar-refractivity contribution < 1.29 is 29.5 Å². The Balaban J connectivity index is 2.58. The molecule has 6 nitrogen and oxygen atoms in total. The van der Waals surface area contributed by atoms with Crippen LogP contribution in [0.4, 0.5) is 0 Å². The predicted molar refractivity (Wildman–Crippen MR) is 73.3 cm³/mol. The molecule has 20 heavy (non-hydrogen) atoms. The maximum absolute atomic E-state index is 10.3. The van der Waals surface area contributed by atoms with Gasteiger partial charge in [0.05, 0.1) is 6.61 Å². The van der Waals surface area contributed by atoms with E-state index in [1.165, 1.54) is 0 Å². The van der Waals surface area contributed by atoms with Crippen molar-refractivity contribution in [1.82, 2.24) is 0 Å². The molecule has 0 spiro atoms. The van der Waals surface area contributed by atoms with Crippen LogP contribution in [0.1, 0.15) is 39.5 Å². The summed E-state index contributed by atoms with van der Waals surface area (Å²) in [6.45, 7) is 4.69. The van der Waals surface area contributed by atoms with Gasteiger partial charge < -0.3 is 29.5 Å². The van der Waals surface area contributed by atoms with Gasteiger partial charge in [-0.2, -0.15) is 0 Å². The SMILES string of the molecule is CCCCO[C@H]1[C@@H](O)[C@H](OCCCC)[C@@H](CO)O[C@@H]1O. The fourth-order valence-corrected chi connectivity index (χ4v) is 2.17. The molecule has 0 aliphatic carbocycles. The molecule has 1 aliphatic rings. The lowest BCUT2D eigenvalue weighted by atomic mass is 9.98. The van der Waals surface area contributed by atoms with Crippen LogP contribution in [0.3, 0.4) is 0 Å². The lowest BCUT2D eigenvalue weighted by Crippen LogP contribution is -2.60. The molecule has 0 saturated carbocycles. The van der Waals surface area contributed by atoms with Crippen molar-refractivity contribution in [2.24, 2.45) is 0 Å². The second-order valence-electron chi connectivity index (χ2n) is 5.12. The molecule has 0 unspecified atom stereocenters. The van der Waals surface area contributed by atoms with Crippen LogP contribution in [0, 0.1) is 0 Å². The summed E-state index contributed by atoms with van der Waals surface area (Å²) in [6.07, 6.45) is -0.844. The Morgan fingerprint density at radius 2 is 1.50 bits per heavy atom. The maximum atomic E-state index is 10.3. The zero-order chi connectivity index (χ0) is 15.0. The molecule has 6 heteroatoms. The topological polar surface area (TPSA) is 88.4 Å². The zero-order valence-electron chi connectivity index (χ0n) is 12.4. The van der Waals surface area contributed by atoms with Crippen molar-refractivity contribution in [1.29, 1.82) is 0 Å². The van der Waals surface area contributed by atoms with E-state index in [0.29, 0.717) is 13.2 Å². The summed E-state index contributed by atoms with van der Waals surface area (Å²) in [6, 6.07) is 0. The Bertz CT molecular complexity index is 250. The standard InChI is InChI=1S/C14H28O6/c1-3-5-7-18-12-10(9-15)20-14(17)13(11(12)16)19-8-6-4-2/h10-17H,3-9H2,1-2H3/t10-,11+,12-,13+,14+/m1/s1. The molecular weight excluding hydrogens is 264 g/mol. The first-order valence-corrected chi connectivity index (χ1v) is 7.51. The van der Waals surface area contributed by atoms with Crippen molar-refractivity contribution in [3.8, 4) is 0 Å². The van der Waals surface area contributed by atoms with Gasteiger partial charge in [0.1, 0.15) is 24.4 Å². The van der Waals surface area contributed by atoms with Crippen molar-refractivity contribution in [3.63, 3.8) is 0 Å². The lowest BCUT2D eigenvalue weighted by Gasteiger charge is -2.42.